The van der Waals surface area contributed by atoms with Crippen LogP contribution in [-0.4, -0.2) is 11.9 Å². The molecule has 0 spiro atoms. The average molecular weight is 380 g/mol. The third kappa shape index (κ3) is 6.43. The Morgan fingerprint density at radius 3 is 1.75 bits per heavy atom. The Kier molecular flexibility index (Phi) is 8.03. The highest BCUT2D eigenvalue weighted by Crippen LogP contribution is 2.14. The molecule has 0 unspecified atom stereocenters. The fourth-order valence-corrected chi connectivity index (χ4v) is 2.31. The Hall–Kier alpha value is -3.34. The van der Waals surface area contributed by atoms with Crippen LogP contribution in [0.4, 0.5) is 0 Å². The van der Waals surface area contributed by atoms with Crippen molar-refractivity contribution in [2.75, 3.05) is 0 Å². The molecule has 2 aromatic carbocycles. The van der Waals surface area contributed by atoms with Crippen molar-refractivity contribution in [2.24, 2.45) is 0 Å². The number of esters is 2. The summed E-state index contributed by atoms with van der Waals surface area (Å²) in [6, 6.07) is 18.8. The van der Waals surface area contributed by atoms with Gasteiger partial charge in [-0.15, -0.1) is 0 Å². The lowest BCUT2D eigenvalue weighted by Crippen LogP contribution is -2.19. The van der Waals surface area contributed by atoms with Gasteiger partial charge in [0.2, 0.25) is 11.5 Å². The summed E-state index contributed by atoms with van der Waals surface area (Å²) in [5.74, 6) is -1.72. The molecule has 0 saturated heterocycles. The van der Waals surface area contributed by atoms with Gasteiger partial charge in [-0.2, -0.15) is 0 Å². The first kappa shape index (κ1) is 21.0. The van der Waals surface area contributed by atoms with E-state index in [9.17, 15) is 9.59 Å². The van der Waals surface area contributed by atoms with Gasteiger partial charge in [0.15, 0.2) is 0 Å². The molecule has 0 heterocycles. The molecule has 0 aliphatic heterocycles. The molecular weight excluding hydrogens is 356 g/mol. The van der Waals surface area contributed by atoms with E-state index in [1.54, 1.807) is 20.8 Å². The van der Waals surface area contributed by atoms with E-state index in [-0.39, 0.29) is 24.7 Å². The van der Waals surface area contributed by atoms with Crippen LogP contribution in [0.5, 0.6) is 0 Å². The Balaban J connectivity index is 1.95. The van der Waals surface area contributed by atoms with E-state index in [1.165, 1.54) is 6.08 Å². The molecule has 2 rings (SSSR count). The van der Waals surface area contributed by atoms with Crippen molar-refractivity contribution in [3.8, 4) is 0 Å². The summed E-state index contributed by atoms with van der Waals surface area (Å²) in [5, 5.41) is 0. The molecule has 0 saturated carbocycles. The second kappa shape index (κ2) is 10.7. The smallest absolute Gasteiger partial charge is 0.381 e. The van der Waals surface area contributed by atoms with Crippen LogP contribution in [-0.2, 0) is 37.0 Å². The van der Waals surface area contributed by atoms with Crippen LogP contribution in [0.1, 0.15) is 31.9 Å². The van der Waals surface area contributed by atoms with Crippen LogP contribution in [0.3, 0.4) is 0 Å². The van der Waals surface area contributed by atoms with Crippen molar-refractivity contribution < 1.29 is 23.8 Å². The number of hydrogen-bond acceptors (Lipinski definition) is 5. The summed E-state index contributed by atoms with van der Waals surface area (Å²) in [4.78, 5) is 24.7. The van der Waals surface area contributed by atoms with Crippen LogP contribution in [0.2, 0.25) is 0 Å². The molecule has 0 aliphatic carbocycles. The fourth-order valence-electron chi connectivity index (χ4n) is 2.31. The van der Waals surface area contributed by atoms with E-state index in [2.05, 4.69) is 0 Å². The fraction of sp³-hybridized carbons (Fsp3) is 0.217. The predicted molar refractivity (Wildman–Crippen MR) is 106 cm³/mol. The second-order valence-electron chi connectivity index (χ2n) is 6.21. The first-order valence-corrected chi connectivity index (χ1v) is 8.95. The molecule has 2 aromatic rings. The summed E-state index contributed by atoms with van der Waals surface area (Å²) < 4.78 is 16.0. The number of rotatable bonds is 8. The van der Waals surface area contributed by atoms with Crippen molar-refractivity contribution in [3.63, 3.8) is 0 Å². The van der Waals surface area contributed by atoms with Gasteiger partial charge in [0.25, 0.3) is 0 Å². The zero-order valence-corrected chi connectivity index (χ0v) is 16.3. The van der Waals surface area contributed by atoms with Crippen LogP contribution >= 0.6 is 0 Å². The van der Waals surface area contributed by atoms with Gasteiger partial charge in [0.05, 0.1) is 0 Å². The van der Waals surface area contributed by atoms with Gasteiger partial charge in [-0.25, -0.2) is 9.59 Å². The van der Waals surface area contributed by atoms with E-state index in [0.717, 1.165) is 11.1 Å². The molecule has 0 N–H and O–H groups in total. The standard InChI is InChI=1S/C23H24O5/c1-4-20(26-15-18-11-7-5-8-12-18)22(24)28-23(25)21(17(2)3)27-16-19-13-9-6-10-14-19/h4-14H,15-16H2,1-3H3. The number of allylic oxidation sites excluding steroid dienone is 2. The van der Waals surface area contributed by atoms with E-state index in [4.69, 9.17) is 14.2 Å². The van der Waals surface area contributed by atoms with Gasteiger partial charge in [-0.3, -0.25) is 0 Å². The molecule has 146 valence electrons. The monoisotopic (exact) mass is 380 g/mol. The maximum absolute atomic E-state index is 12.4. The highest BCUT2D eigenvalue weighted by Gasteiger charge is 2.22. The van der Waals surface area contributed by atoms with Crippen LogP contribution in [0.25, 0.3) is 0 Å². The van der Waals surface area contributed by atoms with E-state index in [0.29, 0.717) is 5.57 Å². The largest absolute Gasteiger partial charge is 0.482 e. The van der Waals surface area contributed by atoms with Gasteiger partial charge in [-0.1, -0.05) is 60.7 Å². The summed E-state index contributed by atoms with van der Waals surface area (Å²) in [5.41, 5.74) is 2.42. The summed E-state index contributed by atoms with van der Waals surface area (Å²) in [7, 11) is 0. The van der Waals surface area contributed by atoms with Crippen molar-refractivity contribution in [3.05, 3.63) is 95.0 Å². The lowest BCUT2D eigenvalue weighted by Gasteiger charge is -2.13. The molecular formula is C23H24O5. The maximum Gasteiger partial charge on any atom is 0.381 e. The van der Waals surface area contributed by atoms with Crippen LogP contribution in [0, 0.1) is 0 Å². The summed E-state index contributed by atoms with van der Waals surface area (Å²) >= 11 is 0. The Bertz CT molecular complexity index is 847. The summed E-state index contributed by atoms with van der Waals surface area (Å²) in [6.07, 6.45) is 1.46. The third-order valence-electron chi connectivity index (χ3n) is 3.75. The van der Waals surface area contributed by atoms with Gasteiger partial charge < -0.3 is 14.2 Å². The lowest BCUT2D eigenvalue weighted by atomic mass is 10.2. The molecule has 0 bridgehead atoms. The highest BCUT2D eigenvalue weighted by molar-refractivity contribution is 6.00. The minimum absolute atomic E-state index is 0.00992. The molecule has 0 fully saturated rings. The minimum Gasteiger partial charge on any atom is -0.482 e. The van der Waals surface area contributed by atoms with Gasteiger partial charge in [0, 0.05) is 0 Å². The molecule has 5 heteroatoms. The number of ether oxygens (including phenoxy) is 3. The minimum atomic E-state index is -0.856. The Labute approximate surface area is 165 Å². The molecule has 28 heavy (non-hydrogen) atoms. The lowest BCUT2D eigenvalue weighted by molar-refractivity contribution is -0.159. The van der Waals surface area contributed by atoms with Crippen LogP contribution < -0.4 is 0 Å². The topological polar surface area (TPSA) is 61.8 Å². The number of carbonyl (C=O) groups excluding carboxylic acids is 2. The molecule has 0 amide bonds. The molecule has 5 nitrogen and oxygen atoms in total. The quantitative estimate of drug-likeness (QED) is 0.288. The zero-order chi connectivity index (χ0) is 20.4. The van der Waals surface area contributed by atoms with Crippen molar-refractivity contribution in [1.82, 2.24) is 0 Å². The third-order valence-corrected chi connectivity index (χ3v) is 3.75. The van der Waals surface area contributed by atoms with Crippen molar-refractivity contribution >= 4 is 11.9 Å². The normalized spacial score (nSPS) is 10.8. The number of hydrogen-bond donors (Lipinski definition) is 0. The first-order chi connectivity index (χ1) is 13.5. The molecule has 0 radical (unpaired) electrons. The van der Waals surface area contributed by atoms with Gasteiger partial charge >= 0.3 is 11.9 Å². The first-order valence-electron chi connectivity index (χ1n) is 8.95. The molecule has 0 atom stereocenters. The van der Waals surface area contributed by atoms with Crippen molar-refractivity contribution in [2.45, 2.75) is 34.0 Å². The van der Waals surface area contributed by atoms with Crippen molar-refractivity contribution in [1.29, 1.82) is 0 Å². The van der Waals surface area contributed by atoms with E-state index < -0.39 is 11.9 Å². The maximum atomic E-state index is 12.4. The van der Waals surface area contributed by atoms with Gasteiger partial charge in [-0.05, 0) is 43.5 Å². The van der Waals surface area contributed by atoms with Crippen LogP contribution in [0.15, 0.2) is 83.8 Å². The Morgan fingerprint density at radius 2 is 1.29 bits per heavy atom. The zero-order valence-electron chi connectivity index (χ0n) is 16.3. The van der Waals surface area contributed by atoms with Gasteiger partial charge in [0.1, 0.15) is 13.2 Å². The molecule has 0 aliphatic rings. The average Bonchev–Trinajstić information content (AvgIpc) is 2.70. The highest BCUT2D eigenvalue weighted by atomic mass is 16.6. The van der Waals surface area contributed by atoms with E-state index in [1.807, 2.05) is 60.7 Å². The summed E-state index contributed by atoms with van der Waals surface area (Å²) in [6.45, 7) is 5.47. The Morgan fingerprint density at radius 1 is 0.786 bits per heavy atom. The SMILES string of the molecule is CC=C(OCc1ccccc1)C(=O)OC(=O)C(OCc1ccccc1)=C(C)C. The predicted octanol–water partition coefficient (Wildman–Crippen LogP) is 4.69. The second-order valence-corrected chi connectivity index (χ2v) is 6.21. The van der Waals surface area contributed by atoms with E-state index >= 15 is 0 Å². The number of carbonyl (C=O) groups is 2. The molecule has 0 aromatic heterocycles. The number of benzene rings is 2.